The van der Waals surface area contributed by atoms with Crippen LogP contribution in [0.3, 0.4) is 0 Å². The number of ether oxygens (including phenoxy) is 9. The highest BCUT2D eigenvalue weighted by molar-refractivity contribution is 6.31. The zero-order valence-corrected chi connectivity index (χ0v) is 38.2. The molecular formula is C49H60O17. The van der Waals surface area contributed by atoms with E-state index in [4.69, 9.17) is 42.6 Å². The van der Waals surface area contributed by atoms with Crippen LogP contribution < -0.4 is 0 Å². The third-order valence-electron chi connectivity index (χ3n) is 14.4. The molecule has 0 saturated carbocycles. The molecule has 0 amide bonds. The molecule has 5 saturated heterocycles. The molecule has 0 radical (unpaired) electrons. The Morgan fingerprint density at radius 1 is 0.606 bits per heavy atom. The zero-order valence-electron chi connectivity index (χ0n) is 38.2. The average Bonchev–Trinajstić information content (AvgIpc) is 3.25. The minimum absolute atomic E-state index is 0.00917. The van der Waals surface area contributed by atoms with E-state index in [0.717, 1.165) is 0 Å². The summed E-state index contributed by atoms with van der Waals surface area (Å²) in [5.41, 5.74) is -1.55. The van der Waals surface area contributed by atoms with E-state index >= 15 is 0 Å². The van der Waals surface area contributed by atoms with Crippen LogP contribution in [0.2, 0.25) is 0 Å². The van der Waals surface area contributed by atoms with Crippen molar-refractivity contribution in [2.75, 3.05) is 0 Å². The second-order valence-electron chi connectivity index (χ2n) is 19.3. The standard InChI is InChI=1S/C49H60O17/c1-21-31(50)9-13-38(59-21)63-35-11-15-40(61-23(35)3)65-48-25(5)58-37(18-33(48)52)26-7-8-27-42(44(26)54)46(56)29-17-28-30(47(57)43(29)45(27)55)19-49(6,20-34(28)53)66-41-16-12-36(24(4)62-41)64-39-14-10-32(51)22(2)60-39/h7-8,17,21-25,33,35-41,48,52,54,57H,9-16,18-20H2,1-6H3/t21-,22-,23-,24-,25+,33+,35-,36-,37+,38-,39-,40-,41-,48+,49+/m0/s1. The quantitative estimate of drug-likeness (QED) is 0.245. The zero-order chi connectivity index (χ0) is 46.9. The summed E-state index contributed by atoms with van der Waals surface area (Å²) in [5.74, 6) is -2.73. The van der Waals surface area contributed by atoms with E-state index in [1.807, 2.05) is 13.8 Å². The number of carbonyl (C=O) groups is 5. The van der Waals surface area contributed by atoms with Gasteiger partial charge in [0.2, 0.25) is 0 Å². The number of aliphatic hydroxyl groups excluding tert-OH is 1. The van der Waals surface area contributed by atoms with E-state index in [1.54, 1.807) is 27.7 Å². The fourth-order valence-corrected chi connectivity index (χ4v) is 10.7. The molecule has 2 aromatic rings. The molecule has 5 aliphatic heterocycles. The summed E-state index contributed by atoms with van der Waals surface area (Å²) >= 11 is 0. The number of rotatable bonds is 9. The molecule has 358 valence electrons. The van der Waals surface area contributed by atoms with E-state index in [2.05, 4.69) is 0 Å². The Hall–Kier alpha value is -4.01. The molecule has 17 nitrogen and oxygen atoms in total. The Morgan fingerprint density at radius 2 is 1.17 bits per heavy atom. The Kier molecular flexibility index (Phi) is 13.2. The number of benzene rings is 2. The predicted molar refractivity (Wildman–Crippen MR) is 228 cm³/mol. The average molecular weight is 921 g/mol. The third-order valence-corrected chi connectivity index (χ3v) is 14.4. The highest BCUT2D eigenvalue weighted by atomic mass is 16.7. The first-order valence-electron chi connectivity index (χ1n) is 23.4. The number of phenols is 2. The maximum absolute atomic E-state index is 14.3. The number of Topliss-reactive ketones (excluding diaryl/α,β-unsaturated/α-hetero) is 3. The molecule has 5 fully saturated rings. The molecule has 0 spiro atoms. The lowest BCUT2D eigenvalue weighted by Crippen LogP contribution is -2.50. The molecule has 2 aromatic carbocycles. The number of ketones is 5. The van der Waals surface area contributed by atoms with Crippen LogP contribution in [0.25, 0.3) is 0 Å². The van der Waals surface area contributed by atoms with E-state index < -0.39 is 96.2 Å². The smallest absolute Gasteiger partial charge is 0.198 e. The minimum Gasteiger partial charge on any atom is -0.507 e. The maximum Gasteiger partial charge on any atom is 0.198 e. The fourth-order valence-electron chi connectivity index (χ4n) is 10.7. The number of hydrogen-bond acceptors (Lipinski definition) is 17. The van der Waals surface area contributed by atoms with Crippen molar-refractivity contribution < 1.29 is 81.9 Å². The predicted octanol–water partition coefficient (Wildman–Crippen LogP) is 5.38. The Morgan fingerprint density at radius 3 is 1.76 bits per heavy atom. The van der Waals surface area contributed by atoms with Gasteiger partial charge in [-0.15, -0.1) is 0 Å². The van der Waals surface area contributed by atoms with Crippen LogP contribution in [0.15, 0.2) is 18.2 Å². The number of aliphatic hydroxyl groups is 1. The molecule has 7 aliphatic rings. The topological polar surface area (TPSA) is 229 Å². The molecular weight excluding hydrogens is 861 g/mol. The normalized spacial score (nSPS) is 38.4. The van der Waals surface area contributed by atoms with Gasteiger partial charge in [0.25, 0.3) is 0 Å². The monoisotopic (exact) mass is 920 g/mol. The first-order valence-corrected chi connectivity index (χ1v) is 23.4. The van der Waals surface area contributed by atoms with Crippen molar-refractivity contribution in [2.45, 2.75) is 204 Å². The molecule has 0 unspecified atom stereocenters. The largest absolute Gasteiger partial charge is 0.507 e. The van der Waals surface area contributed by atoms with Gasteiger partial charge in [-0.25, -0.2) is 0 Å². The van der Waals surface area contributed by atoms with Crippen LogP contribution in [-0.2, 0) is 58.6 Å². The molecule has 5 heterocycles. The van der Waals surface area contributed by atoms with Gasteiger partial charge in [-0.2, -0.15) is 0 Å². The van der Waals surface area contributed by atoms with Crippen molar-refractivity contribution in [2.24, 2.45) is 0 Å². The lowest BCUT2D eigenvalue weighted by molar-refractivity contribution is -0.298. The van der Waals surface area contributed by atoms with Crippen molar-refractivity contribution in [1.29, 1.82) is 0 Å². The van der Waals surface area contributed by atoms with E-state index in [1.165, 1.54) is 18.2 Å². The summed E-state index contributed by atoms with van der Waals surface area (Å²) in [7, 11) is 0. The summed E-state index contributed by atoms with van der Waals surface area (Å²) in [6.07, 6.45) is -4.31. The highest BCUT2D eigenvalue weighted by Crippen LogP contribution is 2.47. The fraction of sp³-hybridized carbons (Fsp3) is 0.653. The van der Waals surface area contributed by atoms with Gasteiger partial charge in [0, 0.05) is 85.6 Å². The molecule has 15 atom stereocenters. The second kappa shape index (κ2) is 18.5. The number of fused-ring (bicyclic) bond motifs is 3. The molecule has 2 aliphatic carbocycles. The van der Waals surface area contributed by atoms with Crippen LogP contribution in [0.4, 0.5) is 0 Å². The summed E-state index contributed by atoms with van der Waals surface area (Å²) in [6, 6.07) is 4.20. The molecule has 9 rings (SSSR count). The van der Waals surface area contributed by atoms with Crippen LogP contribution in [-0.4, -0.2) is 130 Å². The Balaban J connectivity index is 0.842. The van der Waals surface area contributed by atoms with Gasteiger partial charge in [-0.05, 0) is 66.5 Å². The SMILES string of the molecule is C[C@@H]1O[C@@H](O[C@H]2CC[C@H](O[C@H]3[C@H](O)C[C@H](c4ccc5c(c4O)C(=O)c4cc6c(c(O)c4C5=O)C[C@@](C)(O[C@H]4CC[C@H](O[C@H]5CCC(=O)[C@H](C)O5)[C@H](C)O4)CC6=O)O[C@@H]3C)O[C@H]2C)CCC1=O. The molecule has 66 heavy (non-hydrogen) atoms. The van der Waals surface area contributed by atoms with Gasteiger partial charge in [0.1, 0.15) is 29.8 Å². The number of aromatic hydroxyl groups is 2. The number of phenolic OH excluding ortho intramolecular Hbond substituents is 2. The van der Waals surface area contributed by atoms with Crippen molar-refractivity contribution >= 4 is 28.9 Å². The lowest BCUT2D eigenvalue weighted by atomic mass is 9.74. The third kappa shape index (κ3) is 9.04. The minimum atomic E-state index is -1.12. The number of hydrogen-bond donors (Lipinski definition) is 3. The van der Waals surface area contributed by atoms with E-state index in [-0.39, 0.29) is 94.2 Å². The van der Waals surface area contributed by atoms with Gasteiger partial charge in [0.05, 0.1) is 59.5 Å². The second-order valence-corrected chi connectivity index (χ2v) is 19.3. The van der Waals surface area contributed by atoms with Gasteiger partial charge in [-0.3, -0.25) is 24.0 Å². The Labute approximate surface area is 382 Å². The lowest BCUT2D eigenvalue weighted by Gasteiger charge is -2.42. The van der Waals surface area contributed by atoms with Crippen LogP contribution in [0.1, 0.15) is 165 Å². The van der Waals surface area contributed by atoms with Crippen molar-refractivity contribution in [3.63, 3.8) is 0 Å². The van der Waals surface area contributed by atoms with Gasteiger partial charge >= 0.3 is 0 Å². The number of carbonyl (C=O) groups excluding carboxylic acids is 5. The summed E-state index contributed by atoms with van der Waals surface area (Å²) in [4.78, 5) is 66.1. The highest BCUT2D eigenvalue weighted by Gasteiger charge is 2.47. The maximum atomic E-state index is 14.3. The first-order chi connectivity index (χ1) is 31.4. The molecule has 17 heteroatoms. The summed E-state index contributed by atoms with van der Waals surface area (Å²) in [6.45, 7) is 10.6. The van der Waals surface area contributed by atoms with Gasteiger partial charge < -0.3 is 58.0 Å². The summed E-state index contributed by atoms with van der Waals surface area (Å²) in [5, 5.41) is 34.9. The van der Waals surface area contributed by atoms with E-state index in [9.17, 15) is 39.3 Å². The molecule has 0 aromatic heterocycles. The Bertz CT molecular complexity index is 2260. The summed E-state index contributed by atoms with van der Waals surface area (Å²) < 4.78 is 55.1. The van der Waals surface area contributed by atoms with Gasteiger partial charge in [-0.1, -0.05) is 6.07 Å². The van der Waals surface area contributed by atoms with Crippen molar-refractivity contribution in [3.05, 3.63) is 57.1 Å². The molecule has 0 bridgehead atoms. The van der Waals surface area contributed by atoms with Crippen LogP contribution in [0.5, 0.6) is 11.5 Å². The van der Waals surface area contributed by atoms with Crippen molar-refractivity contribution in [3.8, 4) is 11.5 Å². The van der Waals surface area contributed by atoms with E-state index in [0.29, 0.717) is 51.4 Å². The van der Waals surface area contributed by atoms with Crippen LogP contribution >= 0.6 is 0 Å². The van der Waals surface area contributed by atoms with Crippen LogP contribution in [0, 0.1) is 0 Å². The molecule has 3 N–H and O–H groups in total. The van der Waals surface area contributed by atoms with Crippen molar-refractivity contribution in [1.82, 2.24) is 0 Å². The van der Waals surface area contributed by atoms with Gasteiger partial charge in [0.15, 0.2) is 54.1 Å². The first kappa shape index (κ1) is 47.1.